The van der Waals surface area contributed by atoms with Crippen LogP contribution in [0.1, 0.15) is 23.8 Å². The molecule has 4 N–H and O–H groups in total. The zero-order chi connectivity index (χ0) is 11.3. The highest BCUT2D eigenvalue weighted by molar-refractivity contribution is 5.96. The lowest BCUT2D eigenvalue weighted by Gasteiger charge is -2.09. The van der Waals surface area contributed by atoms with Gasteiger partial charge in [-0.25, -0.2) is 4.98 Å². The molecule has 0 spiro atoms. The second-order valence-electron chi connectivity index (χ2n) is 3.21. The minimum absolute atomic E-state index is 0.195. The fourth-order valence-electron chi connectivity index (χ4n) is 1.05. The van der Waals surface area contributed by atoms with E-state index in [9.17, 15) is 9.90 Å². The van der Waals surface area contributed by atoms with Crippen molar-refractivity contribution in [3.05, 3.63) is 24.0 Å². The van der Waals surface area contributed by atoms with Crippen LogP contribution in [0.4, 0.5) is 5.69 Å². The number of aliphatic hydroxyl groups excluding tert-OH is 1. The largest absolute Gasteiger partial charge is 0.397 e. The molecule has 0 saturated heterocycles. The number of carbonyl (C=O) groups is 1. The number of rotatable bonds is 4. The average Bonchev–Trinajstić information content (AvgIpc) is 2.26. The molecule has 0 saturated carbocycles. The molecule has 0 aromatic carbocycles. The number of aromatic nitrogens is 1. The molecule has 0 fully saturated rings. The molecule has 5 heteroatoms. The standard InChI is InChI=1S/C10H15N3O2/c1-2-7(14)6-13-10(15)9-8(11)4-3-5-12-9/h3-5,7,14H,2,6,11H2,1H3,(H,13,15). The molecule has 5 nitrogen and oxygen atoms in total. The van der Waals surface area contributed by atoms with Crippen LogP contribution in [-0.2, 0) is 0 Å². The topological polar surface area (TPSA) is 88.2 Å². The van der Waals surface area contributed by atoms with E-state index >= 15 is 0 Å². The van der Waals surface area contributed by atoms with E-state index < -0.39 is 6.10 Å². The molecule has 0 aliphatic carbocycles. The Kier molecular flexibility index (Phi) is 4.05. The van der Waals surface area contributed by atoms with Crippen LogP contribution in [0.3, 0.4) is 0 Å². The van der Waals surface area contributed by atoms with Gasteiger partial charge >= 0.3 is 0 Å². The van der Waals surface area contributed by atoms with E-state index in [1.54, 1.807) is 12.1 Å². The van der Waals surface area contributed by atoms with Gasteiger partial charge in [-0.05, 0) is 18.6 Å². The van der Waals surface area contributed by atoms with E-state index in [1.807, 2.05) is 6.92 Å². The first-order chi connectivity index (χ1) is 7.15. The Balaban J connectivity index is 2.58. The number of carbonyl (C=O) groups excluding carboxylic acids is 1. The molecule has 15 heavy (non-hydrogen) atoms. The lowest BCUT2D eigenvalue weighted by Crippen LogP contribution is -2.32. The number of hydrogen-bond donors (Lipinski definition) is 3. The maximum absolute atomic E-state index is 11.5. The van der Waals surface area contributed by atoms with E-state index in [0.29, 0.717) is 12.1 Å². The molecule has 0 bridgehead atoms. The average molecular weight is 209 g/mol. The molecule has 1 amide bonds. The minimum Gasteiger partial charge on any atom is -0.397 e. The molecule has 1 atom stereocenters. The van der Waals surface area contributed by atoms with Crippen LogP contribution >= 0.6 is 0 Å². The van der Waals surface area contributed by atoms with Crippen molar-refractivity contribution in [2.45, 2.75) is 19.4 Å². The van der Waals surface area contributed by atoms with Crippen LogP contribution in [0.15, 0.2) is 18.3 Å². The van der Waals surface area contributed by atoms with Crippen LogP contribution in [0.5, 0.6) is 0 Å². The van der Waals surface area contributed by atoms with Gasteiger partial charge in [-0.2, -0.15) is 0 Å². The maximum atomic E-state index is 11.5. The van der Waals surface area contributed by atoms with Crippen LogP contribution in [-0.4, -0.2) is 28.6 Å². The zero-order valence-corrected chi connectivity index (χ0v) is 8.60. The highest BCUT2D eigenvalue weighted by Crippen LogP contribution is 2.06. The van der Waals surface area contributed by atoms with Crippen molar-refractivity contribution in [2.75, 3.05) is 12.3 Å². The van der Waals surface area contributed by atoms with E-state index in [0.717, 1.165) is 0 Å². The van der Waals surface area contributed by atoms with Crippen molar-refractivity contribution in [2.24, 2.45) is 0 Å². The van der Waals surface area contributed by atoms with E-state index in [4.69, 9.17) is 5.73 Å². The van der Waals surface area contributed by atoms with Crippen LogP contribution in [0, 0.1) is 0 Å². The van der Waals surface area contributed by atoms with Gasteiger partial charge in [0.15, 0.2) is 5.69 Å². The van der Waals surface area contributed by atoms with Gasteiger partial charge in [0.1, 0.15) is 0 Å². The number of nitrogens with two attached hydrogens (primary N) is 1. The van der Waals surface area contributed by atoms with E-state index in [-0.39, 0.29) is 18.1 Å². The van der Waals surface area contributed by atoms with Crippen molar-refractivity contribution in [3.63, 3.8) is 0 Å². The first kappa shape index (κ1) is 11.5. The molecule has 1 rings (SSSR count). The van der Waals surface area contributed by atoms with Crippen LogP contribution < -0.4 is 11.1 Å². The van der Waals surface area contributed by atoms with Crippen molar-refractivity contribution < 1.29 is 9.90 Å². The number of nitrogens with one attached hydrogen (secondary N) is 1. The summed E-state index contributed by atoms with van der Waals surface area (Å²) in [4.78, 5) is 15.4. The number of amides is 1. The fraction of sp³-hybridized carbons (Fsp3) is 0.400. The first-order valence-electron chi connectivity index (χ1n) is 4.82. The Labute approximate surface area is 88.3 Å². The summed E-state index contributed by atoms with van der Waals surface area (Å²) in [6.45, 7) is 2.05. The molecule has 1 heterocycles. The highest BCUT2D eigenvalue weighted by Gasteiger charge is 2.11. The second kappa shape index (κ2) is 5.31. The summed E-state index contributed by atoms with van der Waals surface area (Å²) in [7, 11) is 0. The smallest absolute Gasteiger partial charge is 0.272 e. The van der Waals surface area contributed by atoms with Gasteiger partial charge in [-0.1, -0.05) is 6.92 Å². The van der Waals surface area contributed by atoms with Crippen molar-refractivity contribution in [3.8, 4) is 0 Å². The summed E-state index contributed by atoms with van der Waals surface area (Å²) in [5.74, 6) is -0.361. The minimum atomic E-state index is -0.529. The third kappa shape index (κ3) is 3.21. The predicted molar refractivity (Wildman–Crippen MR) is 57.3 cm³/mol. The third-order valence-corrected chi connectivity index (χ3v) is 2.02. The Morgan fingerprint density at radius 2 is 2.47 bits per heavy atom. The zero-order valence-electron chi connectivity index (χ0n) is 8.60. The molecule has 0 aliphatic rings. The quantitative estimate of drug-likeness (QED) is 0.659. The highest BCUT2D eigenvalue weighted by atomic mass is 16.3. The van der Waals surface area contributed by atoms with Crippen molar-refractivity contribution in [1.82, 2.24) is 10.3 Å². The van der Waals surface area contributed by atoms with E-state index in [2.05, 4.69) is 10.3 Å². The first-order valence-corrected chi connectivity index (χ1v) is 4.82. The van der Waals surface area contributed by atoms with Crippen LogP contribution in [0.25, 0.3) is 0 Å². The molecule has 0 radical (unpaired) electrons. The van der Waals surface area contributed by atoms with Crippen LogP contribution in [0.2, 0.25) is 0 Å². The number of hydrogen-bond acceptors (Lipinski definition) is 4. The summed E-state index contributed by atoms with van der Waals surface area (Å²) in [6, 6.07) is 3.27. The van der Waals surface area contributed by atoms with Gasteiger partial charge in [0.25, 0.3) is 5.91 Å². The predicted octanol–water partition coefficient (Wildman–Crippen LogP) is 0.164. The monoisotopic (exact) mass is 209 g/mol. The number of pyridine rings is 1. The maximum Gasteiger partial charge on any atom is 0.272 e. The lowest BCUT2D eigenvalue weighted by atomic mass is 10.2. The summed E-state index contributed by atoms with van der Waals surface area (Å²) in [5, 5.41) is 11.8. The van der Waals surface area contributed by atoms with Crippen molar-refractivity contribution >= 4 is 11.6 Å². The SMILES string of the molecule is CCC(O)CNC(=O)c1ncccc1N. The van der Waals surface area contributed by atoms with Gasteiger partial charge in [0.2, 0.25) is 0 Å². The fourth-order valence-corrected chi connectivity index (χ4v) is 1.05. The van der Waals surface area contributed by atoms with Crippen molar-refractivity contribution in [1.29, 1.82) is 0 Å². The molecular weight excluding hydrogens is 194 g/mol. The lowest BCUT2D eigenvalue weighted by molar-refractivity contribution is 0.0910. The summed E-state index contributed by atoms with van der Waals surface area (Å²) in [6.07, 6.45) is 1.57. The summed E-state index contributed by atoms with van der Waals surface area (Å²) >= 11 is 0. The number of nitrogen functional groups attached to an aromatic ring is 1. The van der Waals surface area contributed by atoms with Gasteiger partial charge < -0.3 is 16.2 Å². The Bertz CT molecular complexity index is 341. The van der Waals surface area contributed by atoms with E-state index in [1.165, 1.54) is 6.20 Å². The Morgan fingerprint density at radius 3 is 3.07 bits per heavy atom. The molecule has 0 aliphatic heterocycles. The molecule has 1 aromatic heterocycles. The third-order valence-electron chi connectivity index (χ3n) is 2.02. The summed E-state index contributed by atoms with van der Waals surface area (Å²) < 4.78 is 0. The molecule has 1 unspecified atom stereocenters. The summed E-state index contributed by atoms with van der Waals surface area (Å²) in [5.41, 5.74) is 6.10. The normalized spacial score (nSPS) is 12.1. The number of aliphatic hydroxyl groups is 1. The Morgan fingerprint density at radius 1 is 1.73 bits per heavy atom. The number of anilines is 1. The second-order valence-corrected chi connectivity index (χ2v) is 3.21. The van der Waals surface area contributed by atoms with Gasteiger partial charge in [-0.3, -0.25) is 4.79 Å². The molecular formula is C10H15N3O2. The number of nitrogens with zero attached hydrogens (tertiary/aromatic N) is 1. The van der Waals surface area contributed by atoms with Gasteiger partial charge in [0, 0.05) is 12.7 Å². The molecule has 82 valence electrons. The Hall–Kier alpha value is -1.62. The van der Waals surface area contributed by atoms with Gasteiger partial charge in [-0.15, -0.1) is 0 Å². The molecule has 1 aromatic rings. The van der Waals surface area contributed by atoms with Gasteiger partial charge in [0.05, 0.1) is 11.8 Å².